The highest BCUT2D eigenvalue weighted by Gasteiger charge is 1.99. The molecule has 1 heterocycles. The SMILES string of the molecule is CCn1cc(I)cc1C#N. The largest absolute Gasteiger partial charge is 0.339 e. The second kappa shape index (κ2) is 3.06. The van der Waals surface area contributed by atoms with E-state index in [0.717, 1.165) is 15.8 Å². The zero-order valence-electron chi connectivity index (χ0n) is 5.63. The van der Waals surface area contributed by atoms with Gasteiger partial charge in [-0.05, 0) is 35.6 Å². The molecule has 0 aromatic carbocycles. The van der Waals surface area contributed by atoms with Crippen molar-refractivity contribution in [3.8, 4) is 6.07 Å². The summed E-state index contributed by atoms with van der Waals surface area (Å²) in [5, 5.41) is 8.59. The van der Waals surface area contributed by atoms with Gasteiger partial charge in [-0.25, -0.2) is 0 Å². The van der Waals surface area contributed by atoms with Gasteiger partial charge >= 0.3 is 0 Å². The van der Waals surface area contributed by atoms with Gasteiger partial charge in [-0.2, -0.15) is 5.26 Å². The number of nitriles is 1. The zero-order chi connectivity index (χ0) is 7.56. The van der Waals surface area contributed by atoms with Gasteiger partial charge in [-0.1, -0.05) is 0 Å². The number of aromatic nitrogens is 1. The summed E-state index contributed by atoms with van der Waals surface area (Å²) >= 11 is 2.20. The number of hydrogen-bond acceptors (Lipinski definition) is 1. The standard InChI is InChI=1S/C7H7IN2/c1-2-10-5-6(8)3-7(10)4-9/h3,5H,2H2,1H3. The van der Waals surface area contributed by atoms with Gasteiger partial charge in [-0.3, -0.25) is 0 Å². The average Bonchev–Trinajstić information content (AvgIpc) is 2.30. The molecule has 0 aliphatic carbocycles. The van der Waals surface area contributed by atoms with Crippen LogP contribution >= 0.6 is 22.6 Å². The third-order valence-corrected chi connectivity index (χ3v) is 1.91. The van der Waals surface area contributed by atoms with Crippen molar-refractivity contribution < 1.29 is 0 Å². The van der Waals surface area contributed by atoms with Crippen LogP contribution in [-0.2, 0) is 6.54 Å². The van der Waals surface area contributed by atoms with E-state index in [0.29, 0.717) is 0 Å². The zero-order valence-corrected chi connectivity index (χ0v) is 7.79. The first-order valence-electron chi connectivity index (χ1n) is 3.03. The fourth-order valence-corrected chi connectivity index (χ4v) is 1.46. The van der Waals surface area contributed by atoms with Gasteiger partial charge in [0, 0.05) is 16.3 Å². The quantitative estimate of drug-likeness (QED) is 0.696. The van der Waals surface area contributed by atoms with Crippen molar-refractivity contribution in [3.05, 3.63) is 21.5 Å². The minimum Gasteiger partial charge on any atom is -0.339 e. The summed E-state index contributed by atoms with van der Waals surface area (Å²) in [6, 6.07) is 4.00. The summed E-state index contributed by atoms with van der Waals surface area (Å²) in [5.41, 5.74) is 0.743. The molecule has 3 heteroatoms. The molecule has 0 spiro atoms. The van der Waals surface area contributed by atoms with E-state index in [4.69, 9.17) is 5.26 Å². The van der Waals surface area contributed by atoms with Gasteiger partial charge < -0.3 is 4.57 Å². The van der Waals surface area contributed by atoms with Gasteiger partial charge in [0.15, 0.2) is 0 Å². The normalized spacial score (nSPS) is 9.30. The average molecular weight is 246 g/mol. The summed E-state index contributed by atoms with van der Waals surface area (Å²) < 4.78 is 3.05. The highest BCUT2D eigenvalue weighted by molar-refractivity contribution is 14.1. The molecule has 0 N–H and O–H groups in total. The maximum Gasteiger partial charge on any atom is 0.121 e. The van der Waals surface area contributed by atoms with E-state index in [1.54, 1.807) is 0 Å². The van der Waals surface area contributed by atoms with Gasteiger partial charge in [0.25, 0.3) is 0 Å². The predicted octanol–water partition coefficient (Wildman–Crippen LogP) is 1.98. The lowest BCUT2D eigenvalue weighted by Gasteiger charge is -1.95. The Morgan fingerprint density at radius 3 is 2.90 bits per heavy atom. The van der Waals surface area contributed by atoms with E-state index in [2.05, 4.69) is 28.7 Å². The van der Waals surface area contributed by atoms with Crippen molar-refractivity contribution >= 4 is 22.6 Å². The van der Waals surface area contributed by atoms with Gasteiger partial charge in [0.1, 0.15) is 11.8 Å². The number of nitrogens with zero attached hydrogens (tertiary/aromatic N) is 2. The van der Waals surface area contributed by atoms with Crippen molar-refractivity contribution in [2.24, 2.45) is 0 Å². The van der Waals surface area contributed by atoms with Crippen molar-refractivity contribution in [2.75, 3.05) is 0 Å². The van der Waals surface area contributed by atoms with Crippen LogP contribution in [0.15, 0.2) is 12.3 Å². The molecule has 0 saturated heterocycles. The third kappa shape index (κ3) is 1.32. The topological polar surface area (TPSA) is 28.7 Å². The first kappa shape index (κ1) is 7.61. The summed E-state index contributed by atoms with van der Waals surface area (Å²) in [6.07, 6.45) is 1.97. The fraction of sp³-hybridized carbons (Fsp3) is 0.286. The Morgan fingerprint density at radius 2 is 2.50 bits per heavy atom. The smallest absolute Gasteiger partial charge is 0.121 e. The first-order valence-corrected chi connectivity index (χ1v) is 4.11. The van der Waals surface area contributed by atoms with Crippen LogP contribution in [0.25, 0.3) is 0 Å². The van der Waals surface area contributed by atoms with Gasteiger partial charge in [0.05, 0.1) is 0 Å². The van der Waals surface area contributed by atoms with E-state index in [9.17, 15) is 0 Å². The van der Waals surface area contributed by atoms with Crippen molar-refractivity contribution in [2.45, 2.75) is 13.5 Å². The second-order valence-electron chi connectivity index (χ2n) is 1.94. The lowest BCUT2D eigenvalue weighted by Crippen LogP contribution is -1.93. The van der Waals surface area contributed by atoms with Crippen LogP contribution in [0.2, 0.25) is 0 Å². The molecule has 0 unspecified atom stereocenters. The van der Waals surface area contributed by atoms with Crippen LogP contribution in [0.1, 0.15) is 12.6 Å². The lowest BCUT2D eigenvalue weighted by atomic mass is 10.5. The Balaban J connectivity index is 3.12. The first-order chi connectivity index (χ1) is 4.77. The summed E-state index contributed by atoms with van der Waals surface area (Å²) in [5.74, 6) is 0. The van der Waals surface area contributed by atoms with Crippen LogP contribution in [0, 0.1) is 14.9 Å². The van der Waals surface area contributed by atoms with E-state index < -0.39 is 0 Å². The maximum absolute atomic E-state index is 8.59. The van der Waals surface area contributed by atoms with Crippen molar-refractivity contribution in [1.82, 2.24) is 4.57 Å². The molecule has 2 nitrogen and oxygen atoms in total. The van der Waals surface area contributed by atoms with E-state index in [1.165, 1.54) is 0 Å². The Labute approximate surface area is 73.6 Å². The molecule has 0 bridgehead atoms. The van der Waals surface area contributed by atoms with Crippen LogP contribution in [0.4, 0.5) is 0 Å². The molecule has 52 valence electrons. The van der Waals surface area contributed by atoms with Crippen LogP contribution in [0.3, 0.4) is 0 Å². The van der Waals surface area contributed by atoms with Crippen LogP contribution < -0.4 is 0 Å². The highest BCUT2D eigenvalue weighted by atomic mass is 127. The monoisotopic (exact) mass is 246 g/mol. The van der Waals surface area contributed by atoms with Crippen molar-refractivity contribution in [3.63, 3.8) is 0 Å². The van der Waals surface area contributed by atoms with Gasteiger partial charge in [-0.15, -0.1) is 0 Å². The molecule has 1 rings (SSSR count). The van der Waals surface area contributed by atoms with E-state index >= 15 is 0 Å². The van der Waals surface area contributed by atoms with Crippen LogP contribution in [0.5, 0.6) is 0 Å². The Kier molecular flexibility index (Phi) is 2.33. The van der Waals surface area contributed by atoms with Crippen molar-refractivity contribution in [1.29, 1.82) is 5.26 Å². The lowest BCUT2D eigenvalue weighted by molar-refractivity contribution is 0.757. The van der Waals surface area contributed by atoms with E-state index in [-0.39, 0.29) is 0 Å². The molecular weight excluding hydrogens is 239 g/mol. The summed E-state index contributed by atoms with van der Waals surface area (Å²) in [7, 11) is 0. The maximum atomic E-state index is 8.59. The number of rotatable bonds is 1. The molecule has 1 aromatic heterocycles. The molecule has 0 atom stereocenters. The molecule has 0 aliphatic rings. The molecule has 0 fully saturated rings. The number of hydrogen-bond donors (Lipinski definition) is 0. The summed E-state index contributed by atoms with van der Waals surface area (Å²) in [4.78, 5) is 0. The summed E-state index contributed by atoms with van der Waals surface area (Å²) in [6.45, 7) is 2.89. The third-order valence-electron chi connectivity index (χ3n) is 1.32. The molecular formula is C7H7IN2. The molecule has 10 heavy (non-hydrogen) atoms. The minimum absolute atomic E-state index is 0.743. The predicted molar refractivity (Wildman–Crippen MR) is 47.5 cm³/mol. The Bertz CT molecular complexity index is 270. The Hall–Kier alpha value is -0.500. The van der Waals surface area contributed by atoms with E-state index in [1.807, 2.05) is 23.8 Å². The molecule has 0 amide bonds. The van der Waals surface area contributed by atoms with Crippen LogP contribution in [-0.4, -0.2) is 4.57 Å². The second-order valence-corrected chi connectivity index (χ2v) is 3.19. The number of halogens is 1. The minimum atomic E-state index is 0.743. The number of aryl methyl sites for hydroxylation is 1. The Morgan fingerprint density at radius 1 is 1.80 bits per heavy atom. The fourth-order valence-electron chi connectivity index (χ4n) is 0.827. The molecule has 1 aromatic rings. The molecule has 0 aliphatic heterocycles. The highest BCUT2D eigenvalue weighted by Crippen LogP contribution is 2.09. The van der Waals surface area contributed by atoms with Gasteiger partial charge in [0.2, 0.25) is 0 Å². The molecule has 0 radical (unpaired) electrons. The molecule has 0 saturated carbocycles.